The number of allylic oxidation sites excluding steroid dienone is 1. The fourth-order valence-electron chi connectivity index (χ4n) is 3.32. The predicted molar refractivity (Wildman–Crippen MR) is 126 cm³/mol. The van der Waals surface area contributed by atoms with E-state index in [4.69, 9.17) is 18.0 Å². The van der Waals surface area contributed by atoms with Crippen molar-refractivity contribution in [1.82, 2.24) is 19.7 Å². The summed E-state index contributed by atoms with van der Waals surface area (Å²) in [5.41, 5.74) is 6.71. The number of anilines is 2. The van der Waals surface area contributed by atoms with E-state index in [-0.39, 0.29) is 12.1 Å². The summed E-state index contributed by atoms with van der Waals surface area (Å²) in [6, 6.07) is 4.53. The van der Waals surface area contributed by atoms with Crippen LogP contribution in [0.15, 0.2) is 42.0 Å². The van der Waals surface area contributed by atoms with Crippen LogP contribution in [0.4, 0.5) is 15.2 Å². The standard InChI is InChI=1S/C20H19FN8O2S2/c1-3-8-28-17(25-26-20(28)32)15-10(2)23-19(33-15)24-18(31)13-9-14(16(22)30)29(27-13)12-6-4-11(21)5-7-12/h3-7,14H,1,8-9H2,2H3,(H2,22,30)(H,26,32)(H,23,24,31). The Bertz CT molecular complexity index is 1320. The largest absolute Gasteiger partial charge is 0.368 e. The summed E-state index contributed by atoms with van der Waals surface area (Å²) in [6.07, 6.45) is 1.71. The minimum atomic E-state index is -0.864. The maximum Gasteiger partial charge on any atom is 0.273 e. The number of halogens is 1. The van der Waals surface area contributed by atoms with Crippen LogP contribution in [0, 0.1) is 17.5 Å². The van der Waals surface area contributed by atoms with E-state index in [1.807, 2.05) is 0 Å². The summed E-state index contributed by atoms with van der Waals surface area (Å²) in [4.78, 5) is 29.9. The van der Waals surface area contributed by atoms with Gasteiger partial charge in [-0.2, -0.15) is 10.2 Å². The molecule has 13 heteroatoms. The summed E-state index contributed by atoms with van der Waals surface area (Å²) >= 11 is 6.48. The lowest BCUT2D eigenvalue weighted by molar-refractivity contribution is -0.119. The zero-order valence-electron chi connectivity index (χ0n) is 17.4. The van der Waals surface area contributed by atoms with Crippen LogP contribution in [-0.4, -0.2) is 43.3 Å². The Labute approximate surface area is 196 Å². The van der Waals surface area contributed by atoms with E-state index in [2.05, 4.69) is 32.2 Å². The van der Waals surface area contributed by atoms with Crippen molar-refractivity contribution in [3.05, 3.63) is 53.2 Å². The zero-order valence-corrected chi connectivity index (χ0v) is 19.0. The Kier molecular flexibility index (Phi) is 6.16. The molecule has 3 heterocycles. The third-order valence-corrected chi connectivity index (χ3v) is 6.26. The van der Waals surface area contributed by atoms with Gasteiger partial charge in [0.1, 0.15) is 17.6 Å². The first-order valence-electron chi connectivity index (χ1n) is 9.75. The lowest BCUT2D eigenvalue weighted by Crippen LogP contribution is -2.39. The normalized spacial score (nSPS) is 15.4. The van der Waals surface area contributed by atoms with Crippen molar-refractivity contribution < 1.29 is 14.0 Å². The number of aromatic nitrogens is 4. The average molecular weight is 487 g/mol. The highest BCUT2D eigenvalue weighted by atomic mass is 32.1. The lowest BCUT2D eigenvalue weighted by atomic mass is 10.1. The zero-order chi connectivity index (χ0) is 23.7. The molecule has 1 unspecified atom stereocenters. The average Bonchev–Trinajstić information content (AvgIpc) is 3.47. The number of hydrazone groups is 1. The van der Waals surface area contributed by atoms with Crippen LogP contribution in [0.2, 0.25) is 0 Å². The number of nitrogens with zero attached hydrogens (tertiary/aromatic N) is 5. The molecule has 2 aromatic heterocycles. The first-order valence-corrected chi connectivity index (χ1v) is 11.0. The molecule has 0 spiro atoms. The number of rotatable bonds is 7. The number of hydrogen-bond acceptors (Lipinski definition) is 8. The molecule has 0 saturated heterocycles. The van der Waals surface area contributed by atoms with E-state index in [0.29, 0.717) is 33.7 Å². The van der Waals surface area contributed by atoms with Gasteiger partial charge >= 0.3 is 0 Å². The Morgan fingerprint density at radius 2 is 2.15 bits per heavy atom. The van der Waals surface area contributed by atoms with Gasteiger partial charge in [0.25, 0.3) is 5.91 Å². The van der Waals surface area contributed by atoms with Crippen molar-refractivity contribution >= 4 is 51.9 Å². The van der Waals surface area contributed by atoms with E-state index in [1.165, 1.54) is 40.6 Å². The molecule has 33 heavy (non-hydrogen) atoms. The van der Waals surface area contributed by atoms with Gasteiger partial charge < -0.3 is 5.73 Å². The number of nitrogens with one attached hydrogen (secondary N) is 2. The SMILES string of the molecule is C=CCn1c(-c2sc(NC(=O)C3=NN(c4ccc(F)cc4)C(C(N)=O)C3)nc2C)n[nH]c1=S. The Morgan fingerprint density at radius 1 is 1.42 bits per heavy atom. The van der Waals surface area contributed by atoms with Gasteiger partial charge in [0, 0.05) is 13.0 Å². The number of aryl methyl sites for hydroxylation is 1. The molecule has 4 N–H and O–H groups in total. The van der Waals surface area contributed by atoms with Crippen molar-refractivity contribution in [3.8, 4) is 10.7 Å². The topological polar surface area (TPSA) is 134 Å². The Morgan fingerprint density at radius 3 is 2.82 bits per heavy atom. The number of H-pyrrole nitrogens is 1. The molecule has 0 aliphatic carbocycles. The monoisotopic (exact) mass is 486 g/mol. The third kappa shape index (κ3) is 4.45. The van der Waals surface area contributed by atoms with Gasteiger partial charge in [-0.3, -0.25) is 29.6 Å². The summed E-state index contributed by atoms with van der Waals surface area (Å²) < 4.78 is 15.5. The molecule has 4 rings (SSSR count). The molecule has 170 valence electrons. The molecule has 1 aliphatic heterocycles. The summed E-state index contributed by atoms with van der Waals surface area (Å²) in [7, 11) is 0. The fraction of sp³-hybridized carbons (Fsp3) is 0.200. The van der Waals surface area contributed by atoms with Gasteiger partial charge in [-0.15, -0.1) is 6.58 Å². The molecule has 0 saturated carbocycles. The van der Waals surface area contributed by atoms with E-state index in [1.54, 1.807) is 17.6 Å². The molecule has 0 fully saturated rings. The van der Waals surface area contributed by atoms with Crippen LogP contribution in [0.5, 0.6) is 0 Å². The number of amides is 2. The number of nitrogens with two attached hydrogens (primary N) is 1. The Hall–Kier alpha value is -3.71. The smallest absolute Gasteiger partial charge is 0.273 e. The van der Waals surface area contributed by atoms with Crippen LogP contribution in [0.25, 0.3) is 10.7 Å². The van der Waals surface area contributed by atoms with E-state index in [9.17, 15) is 14.0 Å². The van der Waals surface area contributed by atoms with Crippen molar-refractivity contribution in [3.63, 3.8) is 0 Å². The van der Waals surface area contributed by atoms with Crippen LogP contribution in [0.1, 0.15) is 12.1 Å². The second-order valence-electron chi connectivity index (χ2n) is 7.13. The number of carbonyl (C=O) groups is 2. The summed E-state index contributed by atoms with van der Waals surface area (Å²) in [5.74, 6) is -1.01. The van der Waals surface area contributed by atoms with Crippen LogP contribution >= 0.6 is 23.6 Å². The quantitative estimate of drug-likeness (QED) is 0.347. The molecular weight excluding hydrogens is 467 g/mol. The highest BCUT2D eigenvalue weighted by Gasteiger charge is 2.35. The van der Waals surface area contributed by atoms with Crippen molar-refractivity contribution in [2.75, 3.05) is 10.3 Å². The van der Waals surface area contributed by atoms with Crippen molar-refractivity contribution in [2.45, 2.75) is 25.9 Å². The number of carbonyl (C=O) groups excluding carboxylic acids is 2. The second-order valence-corrected chi connectivity index (χ2v) is 8.52. The van der Waals surface area contributed by atoms with Gasteiger partial charge in [0.15, 0.2) is 15.7 Å². The summed E-state index contributed by atoms with van der Waals surface area (Å²) in [6.45, 7) is 5.99. The van der Waals surface area contributed by atoms with Crippen LogP contribution in [-0.2, 0) is 16.1 Å². The molecule has 1 aromatic carbocycles. The molecule has 2 amide bonds. The summed E-state index contributed by atoms with van der Waals surface area (Å²) in [5, 5.41) is 15.7. The minimum Gasteiger partial charge on any atom is -0.368 e. The highest BCUT2D eigenvalue weighted by molar-refractivity contribution is 7.71. The van der Waals surface area contributed by atoms with E-state index in [0.717, 1.165) is 4.88 Å². The Balaban J connectivity index is 1.57. The van der Waals surface area contributed by atoms with Crippen LogP contribution < -0.4 is 16.1 Å². The molecular formula is C20H19FN8O2S2. The second kappa shape index (κ2) is 9.03. The van der Waals surface area contributed by atoms with Crippen molar-refractivity contribution in [1.29, 1.82) is 0 Å². The van der Waals surface area contributed by atoms with Crippen molar-refractivity contribution in [2.24, 2.45) is 10.8 Å². The third-order valence-electron chi connectivity index (χ3n) is 4.88. The number of benzene rings is 1. The highest BCUT2D eigenvalue weighted by Crippen LogP contribution is 2.32. The maximum atomic E-state index is 13.3. The van der Waals surface area contributed by atoms with Gasteiger partial charge in [-0.05, 0) is 43.4 Å². The molecule has 3 aromatic rings. The van der Waals surface area contributed by atoms with Gasteiger partial charge in [-0.25, -0.2) is 9.37 Å². The number of thiazole rings is 1. The van der Waals surface area contributed by atoms with Crippen LogP contribution in [0.3, 0.4) is 0 Å². The van der Waals surface area contributed by atoms with E-state index < -0.39 is 23.7 Å². The predicted octanol–water partition coefficient (Wildman–Crippen LogP) is 2.76. The number of aromatic amines is 1. The molecule has 10 nitrogen and oxygen atoms in total. The molecule has 0 radical (unpaired) electrons. The molecule has 0 bridgehead atoms. The first-order chi connectivity index (χ1) is 15.8. The number of hydrogen-bond donors (Lipinski definition) is 3. The fourth-order valence-corrected chi connectivity index (χ4v) is 4.48. The minimum absolute atomic E-state index is 0.00771. The van der Waals surface area contributed by atoms with Gasteiger partial charge in [-0.1, -0.05) is 17.4 Å². The maximum absolute atomic E-state index is 13.3. The number of primary amides is 1. The van der Waals surface area contributed by atoms with Gasteiger partial charge in [0.2, 0.25) is 5.91 Å². The molecule has 1 atom stereocenters. The molecule has 1 aliphatic rings. The first kappa shape index (κ1) is 22.5. The van der Waals surface area contributed by atoms with E-state index >= 15 is 0 Å². The van der Waals surface area contributed by atoms with Gasteiger partial charge in [0.05, 0.1) is 16.3 Å². The lowest BCUT2D eigenvalue weighted by Gasteiger charge is -2.20.